The highest BCUT2D eigenvalue weighted by molar-refractivity contribution is 7.92. The van der Waals surface area contributed by atoms with Gasteiger partial charge in [-0.2, -0.15) is 0 Å². The maximum Gasteiger partial charge on any atom is 0.264 e. The van der Waals surface area contributed by atoms with Gasteiger partial charge < -0.3 is 10.2 Å². The van der Waals surface area contributed by atoms with Crippen LogP contribution in [0.5, 0.6) is 0 Å². The monoisotopic (exact) mass is 539 g/mol. The van der Waals surface area contributed by atoms with Crippen LogP contribution in [0.1, 0.15) is 39.2 Å². The lowest BCUT2D eigenvalue weighted by Crippen LogP contribution is -2.53. The van der Waals surface area contributed by atoms with Gasteiger partial charge in [0.2, 0.25) is 11.8 Å². The number of carbonyl (C=O) groups excluding carboxylic acids is 2. The van der Waals surface area contributed by atoms with Gasteiger partial charge in [-0.3, -0.25) is 13.9 Å². The number of amides is 2. The van der Waals surface area contributed by atoms with Crippen LogP contribution in [0.2, 0.25) is 0 Å². The third-order valence-electron chi connectivity index (χ3n) is 6.31. The normalized spacial score (nSPS) is 12.8. The summed E-state index contributed by atoms with van der Waals surface area (Å²) >= 11 is 0. The Kier molecular flexibility index (Phi) is 10.0. The number of hydrogen-bond acceptors (Lipinski definition) is 4. The van der Waals surface area contributed by atoms with Crippen molar-refractivity contribution in [3.05, 3.63) is 96.3 Å². The molecule has 0 unspecified atom stereocenters. The lowest BCUT2D eigenvalue weighted by Gasteiger charge is -2.33. The molecule has 2 amide bonds. The molecule has 9 heteroatoms. The van der Waals surface area contributed by atoms with E-state index in [0.29, 0.717) is 6.42 Å². The van der Waals surface area contributed by atoms with E-state index in [1.165, 1.54) is 29.2 Å². The fourth-order valence-electron chi connectivity index (χ4n) is 4.00. The number of rotatable bonds is 12. The largest absolute Gasteiger partial charge is 0.352 e. The number of halogens is 1. The predicted molar refractivity (Wildman–Crippen MR) is 146 cm³/mol. The van der Waals surface area contributed by atoms with Crippen LogP contribution in [0.3, 0.4) is 0 Å². The zero-order valence-electron chi connectivity index (χ0n) is 21.9. The number of hydrogen-bond donors (Lipinski definition) is 1. The summed E-state index contributed by atoms with van der Waals surface area (Å²) in [6, 6.07) is 21.0. The SMILES string of the molecule is CC[C@@H](C)NC(=O)[C@@H](CC)N(Cc1ccccc1)C(=O)CN(c1ccc(F)cc1)S(=O)(=O)c1ccccc1. The third kappa shape index (κ3) is 7.19. The number of nitrogens with one attached hydrogen (secondary N) is 1. The summed E-state index contributed by atoms with van der Waals surface area (Å²) < 4.78 is 42.0. The first kappa shape index (κ1) is 28.8. The highest BCUT2D eigenvalue weighted by atomic mass is 32.2. The quantitative estimate of drug-likeness (QED) is 0.360. The molecule has 3 aromatic carbocycles. The van der Waals surface area contributed by atoms with Crippen LogP contribution in [-0.4, -0.2) is 43.8 Å². The van der Waals surface area contributed by atoms with E-state index in [1.807, 2.05) is 51.1 Å². The van der Waals surface area contributed by atoms with Crippen LogP contribution in [0.25, 0.3) is 0 Å². The van der Waals surface area contributed by atoms with E-state index in [2.05, 4.69) is 5.32 Å². The van der Waals surface area contributed by atoms with Crippen molar-refractivity contribution in [2.75, 3.05) is 10.8 Å². The Labute approximate surface area is 224 Å². The molecule has 0 aliphatic rings. The average molecular weight is 540 g/mol. The maximum absolute atomic E-state index is 13.9. The Balaban J connectivity index is 2.02. The van der Waals surface area contributed by atoms with Crippen molar-refractivity contribution in [1.82, 2.24) is 10.2 Å². The molecule has 0 heterocycles. The van der Waals surface area contributed by atoms with Gasteiger partial charge in [-0.25, -0.2) is 12.8 Å². The Morgan fingerprint density at radius 2 is 1.45 bits per heavy atom. The van der Waals surface area contributed by atoms with Crippen LogP contribution in [0.4, 0.5) is 10.1 Å². The van der Waals surface area contributed by atoms with E-state index in [0.717, 1.165) is 28.4 Å². The molecule has 0 saturated heterocycles. The number of anilines is 1. The zero-order valence-corrected chi connectivity index (χ0v) is 22.7. The molecular formula is C29H34FN3O4S. The summed E-state index contributed by atoms with van der Waals surface area (Å²) in [5.41, 5.74) is 0.940. The Hall–Kier alpha value is -3.72. The van der Waals surface area contributed by atoms with E-state index >= 15 is 0 Å². The van der Waals surface area contributed by atoms with Crippen molar-refractivity contribution in [2.45, 2.75) is 57.1 Å². The van der Waals surface area contributed by atoms with Gasteiger partial charge in [0.1, 0.15) is 18.4 Å². The summed E-state index contributed by atoms with van der Waals surface area (Å²) in [6.45, 7) is 5.20. The number of sulfonamides is 1. The summed E-state index contributed by atoms with van der Waals surface area (Å²) in [5, 5.41) is 2.94. The Morgan fingerprint density at radius 3 is 2.00 bits per heavy atom. The van der Waals surface area contributed by atoms with Crippen LogP contribution in [0, 0.1) is 5.82 Å². The Bertz CT molecular complexity index is 1300. The number of nitrogens with zero attached hydrogens (tertiary/aromatic N) is 2. The Morgan fingerprint density at radius 1 is 0.868 bits per heavy atom. The third-order valence-corrected chi connectivity index (χ3v) is 8.10. The van der Waals surface area contributed by atoms with Crippen molar-refractivity contribution in [1.29, 1.82) is 0 Å². The van der Waals surface area contributed by atoms with Gasteiger partial charge >= 0.3 is 0 Å². The molecule has 202 valence electrons. The van der Waals surface area contributed by atoms with Crippen molar-refractivity contribution < 1.29 is 22.4 Å². The van der Waals surface area contributed by atoms with E-state index in [-0.39, 0.29) is 29.1 Å². The zero-order chi connectivity index (χ0) is 27.7. The minimum atomic E-state index is -4.18. The molecule has 0 fully saturated rings. The first-order valence-corrected chi connectivity index (χ1v) is 14.1. The summed E-state index contributed by atoms with van der Waals surface area (Å²) in [6.07, 6.45) is 1.06. The minimum absolute atomic E-state index is 0.00621. The van der Waals surface area contributed by atoms with Gasteiger partial charge in [-0.05, 0) is 61.7 Å². The summed E-state index contributed by atoms with van der Waals surface area (Å²) in [7, 11) is -4.18. The van der Waals surface area contributed by atoms with Crippen LogP contribution in [0.15, 0.2) is 89.8 Å². The first-order chi connectivity index (χ1) is 18.2. The molecule has 38 heavy (non-hydrogen) atoms. The smallest absolute Gasteiger partial charge is 0.264 e. The van der Waals surface area contributed by atoms with Crippen LogP contribution < -0.4 is 9.62 Å². The van der Waals surface area contributed by atoms with Gasteiger partial charge in [0, 0.05) is 12.6 Å². The van der Waals surface area contributed by atoms with E-state index in [1.54, 1.807) is 18.2 Å². The standard InChI is InChI=1S/C29H34FN3O4S/c1-4-22(3)31-29(35)27(5-2)32(20-23-12-8-6-9-13-23)28(34)21-33(25-18-16-24(30)17-19-25)38(36,37)26-14-10-7-11-15-26/h6-19,22,27H,4-5,20-21H2,1-3H3,(H,31,35)/t22-,27-/m1/s1. The molecule has 0 aromatic heterocycles. The van der Waals surface area contributed by atoms with Gasteiger partial charge in [0.15, 0.2) is 0 Å². The first-order valence-electron chi connectivity index (χ1n) is 12.6. The highest BCUT2D eigenvalue weighted by Gasteiger charge is 2.33. The molecule has 0 saturated carbocycles. The van der Waals surface area contributed by atoms with Crippen molar-refractivity contribution >= 4 is 27.5 Å². The summed E-state index contributed by atoms with van der Waals surface area (Å²) in [4.78, 5) is 28.5. The lowest BCUT2D eigenvalue weighted by molar-refractivity contribution is -0.140. The number of carbonyl (C=O) groups is 2. The molecule has 0 aliphatic carbocycles. The molecular weight excluding hydrogens is 505 g/mol. The van der Waals surface area contributed by atoms with Gasteiger partial charge in [-0.1, -0.05) is 62.4 Å². The van der Waals surface area contributed by atoms with E-state index < -0.39 is 34.3 Å². The maximum atomic E-state index is 13.9. The van der Waals surface area contributed by atoms with Crippen LogP contribution in [-0.2, 0) is 26.2 Å². The molecule has 1 N–H and O–H groups in total. The van der Waals surface area contributed by atoms with Crippen LogP contribution >= 0.6 is 0 Å². The van der Waals surface area contributed by atoms with Crippen molar-refractivity contribution in [2.24, 2.45) is 0 Å². The number of benzene rings is 3. The van der Waals surface area contributed by atoms with E-state index in [4.69, 9.17) is 0 Å². The van der Waals surface area contributed by atoms with Gasteiger partial charge in [0.25, 0.3) is 10.0 Å². The molecule has 0 aliphatic heterocycles. The van der Waals surface area contributed by atoms with E-state index in [9.17, 15) is 22.4 Å². The molecule has 2 atom stereocenters. The second-order valence-corrected chi connectivity index (χ2v) is 10.9. The van der Waals surface area contributed by atoms with Gasteiger partial charge in [0.05, 0.1) is 10.6 Å². The van der Waals surface area contributed by atoms with Gasteiger partial charge in [-0.15, -0.1) is 0 Å². The fraction of sp³-hybridized carbons (Fsp3) is 0.310. The second-order valence-electron chi connectivity index (χ2n) is 9.05. The molecule has 3 rings (SSSR count). The second kappa shape index (κ2) is 13.2. The molecule has 0 spiro atoms. The minimum Gasteiger partial charge on any atom is -0.352 e. The molecule has 7 nitrogen and oxygen atoms in total. The summed E-state index contributed by atoms with van der Waals surface area (Å²) in [5.74, 6) is -1.38. The lowest BCUT2D eigenvalue weighted by atomic mass is 10.1. The molecule has 0 bridgehead atoms. The molecule has 3 aromatic rings. The van der Waals surface area contributed by atoms with Crippen molar-refractivity contribution in [3.8, 4) is 0 Å². The molecule has 0 radical (unpaired) electrons. The predicted octanol–water partition coefficient (Wildman–Crippen LogP) is 4.74. The average Bonchev–Trinajstić information content (AvgIpc) is 2.93. The highest BCUT2D eigenvalue weighted by Crippen LogP contribution is 2.25. The topological polar surface area (TPSA) is 86.8 Å². The fourth-order valence-corrected chi connectivity index (χ4v) is 5.43. The van der Waals surface area contributed by atoms with Crippen molar-refractivity contribution in [3.63, 3.8) is 0 Å².